The van der Waals surface area contributed by atoms with Gasteiger partial charge in [0.05, 0.1) is 20.6 Å². The maximum absolute atomic E-state index is 12.2. The monoisotopic (exact) mass is 448 g/mol. The summed E-state index contributed by atoms with van der Waals surface area (Å²) in [5.41, 5.74) is 25.6. The number of nitrogens with two attached hydrogens (primary N) is 4. The number of anilines is 4. The molecule has 0 aliphatic carbocycles. The van der Waals surface area contributed by atoms with Crippen molar-refractivity contribution in [2.24, 2.45) is 0 Å². The molecule has 4 rings (SSSR count). The van der Waals surface area contributed by atoms with Crippen LogP contribution in [0.2, 0.25) is 0 Å². The lowest BCUT2D eigenvalue weighted by Crippen LogP contribution is -2.01. The number of para-hydroxylation sites is 2. The molecule has 31 heavy (non-hydrogen) atoms. The SMILES string of the molecule is Nc1cccc(Sc2cccc(N)c2)c1.Nc1ccccc1S(=O)c1ccccc1N. The summed E-state index contributed by atoms with van der Waals surface area (Å²) in [6.45, 7) is 0. The van der Waals surface area contributed by atoms with Crippen LogP contribution in [0.4, 0.5) is 22.7 Å². The van der Waals surface area contributed by atoms with Gasteiger partial charge < -0.3 is 22.9 Å². The van der Waals surface area contributed by atoms with E-state index in [-0.39, 0.29) is 0 Å². The minimum Gasteiger partial charge on any atom is -0.399 e. The molecule has 7 heteroatoms. The van der Waals surface area contributed by atoms with Crippen LogP contribution in [0.15, 0.2) is 117 Å². The number of benzene rings is 4. The molecule has 0 fully saturated rings. The van der Waals surface area contributed by atoms with Gasteiger partial charge in [0.25, 0.3) is 0 Å². The first-order valence-electron chi connectivity index (χ1n) is 9.44. The Kier molecular flexibility index (Phi) is 7.59. The average molecular weight is 449 g/mol. The van der Waals surface area contributed by atoms with Gasteiger partial charge in [-0.25, -0.2) is 4.21 Å². The summed E-state index contributed by atoms with van der Waals surface area (Å²) in [7, 11) is -1.32. The second-order valence-corrected chi connectivity index (χ2v) is 9.16. The molecule has 4 aromatic carbocycles. The van der Waals surface area contributed by atoms with E-state index >= 15 is 0 Å². The third-order valence-electron chi connectivity index (χ3n) is 4.19. The minimum atomic E-state index is -1.32. The quantitative estimate of drug-likeness (QED) is 0.325. The maximum atomic E-state index is 12.2. The van der Waals surface area contributed by atoms with Crippen molar-refractivity contribution in [2.75, 3.05) is 22.9 Å². The highest BCUT2D eigenvalue weighted by Gasteiger charge is 2.12. The van der Waals surface area contributed by atoms with Crippen LogP contribution in [0.5, 0.6) is 0 Å². The fourth-order valence-corrected chi connectivity index (χ4v) is 4.87. The van der Waals surface area contributed by atoms with Gasteiger partial charge >= 0.3 is 0 Å². The Bertz CT molecular complexity index is 1110. The van der Waals surface area contributed by atoms with Crippen LogP contribution < -0.4 is 22.9 Å². The van der Waals surface area contributed by atoms with Crippen LogP contribution in [0.1, 0.15) is 0 Å². The van der Waals surface area contributed by atoms with Gasteiger partial charge in [0.1, 0.15) is 0 Å². The maximum Gasteiger partial charge on any atom is 0.0891 e. The van der Waals surface area contributed by atoms with Crippen molar-refractivity contribution in [3.05, 3.63) is 97.1 Å². The van der Waals surface area contributed by atoms with Crippen molar-refractivity contribution in [3.63, 3.8) is 0 Å². The molecule has 0 unspecified atom stereocenters. The van der Waals surface area contributed by atoms with Crippen LogP contribution in [0.25, 0.3) is 0 Å². The molecule has 0 saturated carbocycles. The zero-order valence-corrected chi connectivity index (χ0v) is 18.4. The van der Waals surface area contributed by atoms with Gasteiger partial charge in [0, 0.05) is 32.5 Å². The molecule has 0 saturated heterocycles. The van der Waals surface area contributed by atoms with Gasteiger partial charge in [-0.3, -0.25) is 0 Å². The van der Waals surface area contributed by atoms with E-state index in [1.165, 1.54) is 0 Å². The number of rotatable bonds is 4. The summed E-state index contributed by atoms with van der Waals surface area (Å²) in [4.78, 5) is 3.45. The Morgan fingerprint density at radius 2 is 0.968 bits per heavy atom. The lowest BCUT2D eigenvalue weighted by molar-refractivity contribution is 0.683. The summed E-state index contributed by atoms with van der Waals surface area (Å²) >= 11 is 1.66. The Labute approximate surface area is 188 Å². The Balaban J connectivity index is 0.000000176. The molecule has 0 amide bonds. The second-order valence-electron chi connectivity index (χ2n) is 6.59. The van der Waals surface area contributed by atoms with Gasteiger partial charge in [0.2, 0.25) is 0 Å². The standard InChI is InChI=1S/C12H12N2OS.C12H12N2S/c13-9-5-1-3-7-11(9)16(15)12-8-4-2-6-10(12)14;13-9-3-1-5-11(7-9)15-12-6-2-4-10(14)8-12/h1-8H,13-14H2;1-8H,13-14H2. The van der Waals surface area contributed by atoms with Gasteiger partial charge in [-0.15, -0.1) is 0 Å². The summed E-state index contributed by atoms with van der Waals surface area (Å²) in [5, 5.41) is 0. The summed E-state index contributed by atoms with van der Waals surface area (Å²) in [6.07, 6.45) is 0. The predicted molar refractivity (Wildman–Crippen MR) is 132 cm³/mol. The van der Waals surface area contributed by atoms with E-state index in [1.807, 2.05) is 72.8 Å². The zero-order valence-electron chi connectivity index (χ0n) is 16.8. The van der Waals surface area contributed by atoms with Crippen LogP contribution in [0, 0.1) is 0 Å². The van der Waals surface area contributed by atoms with E-state index in [0.717, 1.165) is 21.2 Å². The van der Waals surface area contributed by atoms with E-state index in [9.17, 15) is 4.21 Å². The molecular weight excluding hydrogens is 424 g/mol. The third kappa shape index (κ3) is 6.28. The molecule has 0 heterocycles. The van der Waals surface area contributed by atoms with Crippen molar-refractivity contribution in [1.82, 2.24) is 0 Å². The van der Waals surface area contributed by atoms with Crippen LogP contribution >= 0.6 is 11.8 Å². The minimum absolute atomic E-state index is 0.518. The van der Waals surface area contributed by atoms with Crippen LogP contribution in [-0.4, -0.2) is 4.21 Å². The third-order valence-corrected chi connectivity index (χ3v) is 6.71. The van der Waals surface area contributed by atoms with Crippen molar-refractivity contribution in [3.8, 4) is 0 Å². The first-order chi connectivity index (χ1) is 14.9. The normalized spacial score (nSPS) is 10.4. The van der Waals surface area contributed by atoms with Crippen molar-refractivity contribution in [1.29, 1.82) is 0 Å². The molecule has 4 aromatic rings. The van der Waals surface area contributed by atoms with Crippen molar-refractivity contribution in [2.45, 2.75) is 19.6 Å². The summed E-state index contributed by atoms with van der Waals surface area (Å²) in [5.74, 6) is 0. The number of nitrogen functional groups attached to an aromatic ring is 4. The molecule has 158 valence electrons. The molecule has 0 aliphatic rings. The smallest absolute Gasteiger partial charge is 0.0891 e. The zero-order chi connectivity index (χ0) is 22.2. The van der Waals surface area contributed by atoms with Gasteiger partial charge in [-0.05, 0) is 60.7 Å². The first-order valence-corrected chi connectivity index (χ1v) is 11.4. The van der Waals surface area contributed by atoms with Crippen molar-refractivity contribution >= 4 is 45.3 Å². The van der Waals surface area contributed by atoms with Gasteiger partial charge in [-0.1, -0.05) is 48.2 Å². The Hall–Kier alpha value is -3.42. The second kappa shape index (κ2) is 10.6. The molecule has 0 radical (unpaired) electrons. The van der Waals surface area contributed by atoms with Crippen LogP contribution in [0.3, 0.4) is 0 Å². The Morgan fingerprint density at radius 3 is 1.35 bits per heavy atom. The van der Waals surface area contributed by atoms with E-state index in [2.05, 4.69) is 0 Å². The predicted octanol–water partition coefficient (Wildman–Crippen LogP) is 5.02. The van der Waals surface area contributed by atoms with E-state index in [1.54, 1.807) is 36.0 Å². The molecule has 0 spiro atoms. The highest BCUT2D eigenvalue weighted by molar-refractivity contribution is 7.99. The highest BCUT2D eigenvalue weighted by Crippen LogP contribution is 2.29. The van der Waals surface area contributed by atoms with E-state index < -0.39 is 10.8 Å². The topological polar surface area (TPSA) is 121 Å². The largest absolute Gasteiger partial charge is 0.399 e. The molecule has 0 atom stereocenters. The molecule has 0 aromatic heterocycles. The molecule has 5 nitrogen and oxygen atoms in total. The van der Waals surface area contributed by atoms with Gasteiger partial charge in [0.15, 0.2) is 0 Å². The van der Waals surface area contributed by atoms with Gasteiger partial charge in [-0.2, -0.15) is 0 Å². The fourth-order valence-electron chi connectivity index (χ4n) is 2.71. The summed E-state index contributed by atoms with van der Waals surface area (Å²) < 4.78 is 12.2. The van der Waals surface area contributed by atoms with E-state index in [4.69, 9.17) is 22.9 Å². The Morgan fingerprint density at radius 1 is 0.548 bits per heavy atom. The number of hydrogen-bond donors (Lipinski definition) is 4. The first kappa shape index (κ1) is 22.3. The lowest BCUT2D eigenvalue weighted by Gasteiger charge is -2.07. The van der Waals surface area contributed by atoms with Crippen LogP contribution in [-0.2, 0) is 10.8 Å². The molecular formula is C24H24N4OS2. The molecule has 8 N–H and O–H groups in total. The lowest BCUT2D eigenvalue weighted by atomic mass is 10.3. The fraction of sp³-hybridized carbons (Fsp3) is 0. The highest BCUT2D eigenvalue weighted by atomic mass is 32.2. The molecule has 0 aliphatic heterocycles. The van der Waals surface area contributed by atoms with E-state index in [0.29, 0.717) is 21.2 Å². The van der Waals surface area contributed by atoms with Crippen molar-refractivity contribution < 1.29 is 4.21 Å². The molecule has 0 bridgehead atoms. The number of hydrogen-bond acceptors (Lipinski definition) is 6. The summed E-state index contributed by atoms with van der Waals surface area (Å²) in [6, 6.07) is 29.8. The average Bonchev–Trinajstić information content (AvgIpc) is 2.75.